The number of benzene rings is 1. The summed E-state index contributed by atoms with van der Waals surface area (Å²) in [6.07, 6.45) is -3.16. The third-order valence-corrected chi connectivity index (χ3v) is 5.99. The van der Waals surface area contributed by atoms with Gasteiger partial charge in [0.2, 0.25) is 11.7 Å². The molecule has 1 saturated carbocycles. The van der Waals surface area contributed by atoms with Gasteiger partial charge in [0.15, 0.2) is 17.3 Å². The van der Waals surface area contributed by atoms with Crippen molar-refractivity contribution in [2.75, 3.05) is 12.4 Å². The lowest BCUT2D eigenvalue weighted by Crippen LogP contribution is -2.33. The summed E-state index contributed by atoms with van der Waals surface area (Å²) < 4.78 is 74.4. The number of rotatable bonds is 5. The molecular formula is C22H21F5N2O3. The summed E-state index contributed by atoms with van der Waals surface area (Å²) in [6, 6.07) is 3.29. The van der Waals surface area contributed by atoms with Gasteiger partial charge < -0.3 is 10.1 Å². The normalized spacial score (nSPS) is 23.1. The van der Waals surface area contributed by atoms with Gasteiger partial charge in [-0.3, -0.25) is 14.6 Å². The number of pyridine rings is 1. The number of nitrogens with zero attached hydrogens (tertiary/aromatic N) is 1. The lowest BCUT2D eigenvalue weighted by Gasteiger charge is -2.27. The number of methoxy groups -OCH3 is 1. The highest BCUT2D eigenvalue weighted by Gasteiger charge is 2.59. The second kappa shape index (κ2) is 8.48. The molecule has 32 heavy (non-hydrogen) atoms. The molecule has 0 radical (unpaired) electrons. The number of nitrogens with one attached hydrogen (secondary N) is 1. The molecule has 1 aliphatic rings. The highest BCUT2D eigenvalue weighted by Crippen LogP contribution is 2.59. The van der Waals surface area contributed by atoms with Crippen molar-refractivity contribution in [2.24, 2.45) is 11.3 Å². The predicted octanol–water partition coefficient (Wildman–Crippen LogP) is 5.27. The zero-order valence-corrected chi connectivity index (χ0v) is 17.5. The smallest absolute Gasteiger partial charge is 0.394 e. The minimum Gasteiger partial charge on any atom is -0.493 e. The van der Waals surface area contributed by atoms with Crippen LogP contribution in [0.1, 0.15) is 48.5 Å². The monoisotopic (exact) mass is 456 g/mol. The largest absolute Gasteiger partial charge is 0.493 e. The van der Waals surface area contributed by atoms with Gasteiger partial charge in [-0.15, -0.1) is 0 Å². The molecule has 2 aromatic rings. The fraction of sp³-hybridized carbons (Fsp3) is 0.409. The lowest BCUT2D eigenvalue weighted by molar-refractivity contribution is -0.216. The molecule has 1 N–H and O–H groups in total. The molecule has 1 aromatic carbocycles. The number of amides is 1. The summed E-state index contributed by atoms with van der Waals surface area (Å²) in [4.78, 5) is 28.7. The topological polar surface area (TPSA) is 68.3 Å². The highest BCUT2D eigenvalue weighted by atomic mass is 19.4. The van der Waals surface area contributed by atoms with E-state index in [1.807, 2.05) is 0 Å². The van der Waals surface area contributed by atoms with Crippen LogP contribution in [0.2, 0.25) is 0 Å². The van der Waals surface area contributed by atoms with E-state index in [4.69, 9.17) is 4.74 Å². The van der Waals surface area contributed by atoms with Crippen molar-refractivity contribution in [3.63, 3.8) is 0 Å². The number of hydrogen-bond acceptors (Lipinski definition) is 4. The third kappa shape index (κ3) is 4.18. The Morgan fingerprint density at radius 1 is 1.19 bits per heavy atom. The van der Waals surface area contributed by atoms with E-state index in [0.29, 0.717) is 0 Å². The molecule has 0 saturated heterocycles. The Balaban J connectivity index is 2.05. The number of anilines is 1. The Kier molecular flexibility index (Phi) is 6.26. The molecule has 0 bridgehead atoms. The van der Waals surface area contributed by atoms with Crippen molar-refractivity contribution in [2.45, 2.75) is 38.8 Å². The molecule has 172 valence electrons. The van der Waals surface area contributed by atoms with E-state index in [1.54, 1.807) is 0 Å². The number of alkyl halides is 3. The minimum absolute atomic E-state index is 0.0268. The van der Waals surface area contributed by atoms with E-state index < -0.39 is 65.3 Å². The molecule has 3 rings (SSSR count). The molecule has 1 fully saturated rings. The number of ketones is 1. The number of carbonyl (C=O) groups is 2. The molecule has 1 aromatic heterocycles. The van der Waals surface area contributed by atoms with Crippen LogP contribution >= 0.6 is 0 Å². The Morgan fingerprint density at radius 2 is 1.88 bits per heavy atom. The summed E-state index contributed by atoms with van der Waals surface area (Å²) in [6.45, 7) is 2.25. The van der Waals surface area contributed by atoms with Gasteiger partial charge in [0.25, 0.3) is 0 Å². The average Bonchev–Trinajstić information content (AvgIpc) is 3.09. The molecule has 0 aliphatic heterocycles. The SMILES string of the molecule is COc1c([C@H]2C[C@@](C)(C(F)(F)F)C[C@@H]2C(=O)Nc2ccncc2C(C)=O)ccc(F)c1F. The summed E-state index contributed by atoms with van der Waals surface area (Å²) in [5, 5.41) is 2.51. The molecule has 1 heterocycles. The quantitative estimate of drug-likeness (QED) is 0.492. The van der Waals surface area contributed by atoms with Crippen LogP contribution in [-0.2, 0) is 4.79 Å². The molecule has 10 heteroatoms. The zero-order chi connectivity index (χ0) is 23.8. The van der Waals surface area contributed by atoms with Crippen molar-refractivity contribution >= 4 is 17.4 Å². The van der Waals surface area contributed by atoms with Crippen LogP contribution in [0.4, 0.5) is 27.6 Å². The van der Waals surface area contributed by atoms with Gasteiger partial charge in [0, 0.05) is 29.8 Å². The van der Waals surface area contributed by atoms with E-state index in [9.17, 15) is 31.5 Å². The molecule has 0 spiro atoms. The summed E-state index contributed by atoms with van der Waals surface area (Å²) in [5.74, 6) is -6.60. The van der Waals surface area contributed by atoms with Gasteiger partial charge in [-0.2, -0.15) is 17.6 Å². The maximum atomic E-state index is 14.3. The Hall–Kier alpha value is -3.04. The summed E-state index contributed by atoms with van der Waals surface area (Å²) in [5.41, 5.74) is -2.06. The second-order valence-electron chi connectivity index (χ2n) is 8.13. The van der Waals surface area contributed by atoms with Gasteiger partial charge in [0.05, 0.1) is 23.8 Å². The number of halogens is 5. The number of Topliss-reactive ketones (excluding diaryl/α,β-unsaturated/α-hetero) is 1. The molecule has 1 aliphatic carbocycles. The van der Waals surface area contributed by atoms with E-state index in [0.717, 1.165) is 26.2 Å². The van der Waals surface area contributed by atoms with Crippen molar-refractivity contribution < 1.29 is 36.3 Å². The Morgan fingerprint density at radius 3 is 2.47 bits per heavy atom. The molecule has 1 amide bonds. The van der Waals surface area contributed by atoms with E-state index in [1.165, 1.54) is 25.4 Å². The third-order valence-electron chi connectivity index (χ3n) is 5.99. The van der Waals surface area contributed by atoms with Gasteiger partial charge in [-0.1, -0.05) is 13.0 Å². The number of aromatic nitrogens is 1. The summed E-state index contributed by atoms with van der Waals surface area (Å²) >= 11 is 0. The van der Waals surface area contributed by atoms with Crippen LogP contribution < -0.4 is 10.1 Å². The first kappa shape index (κ1) is 23.6. The maximum absolute atomic E-state index is 14.3. The van der Waals surface area contributed by atoms with Gasteiger partial charge in [-0.05, 0) is 31.9 Å². The van der Waals surface area contributed by atoms with Crippen molar-refractivity contribution in [1.82, 2.24) is 4.98 Å². The number of ether oxygens (including phenoxy) is 1. The predicted molar refractivity (Wildman–Crippen MR) is 105 cm³/mol. The Labute approximate surface area is 181 Å². The van der Waals surface area contributed by atoms with Crippen molar-refractivity contribution in [3.05, 3.63) is 53.4 Å². The highest BCUT2D eigenvalue weighted by molar-refractivity contribution is 6.04. The van der Waals surface area contributed by atoms with Crippen LogP contribution in [0.3, 0.4) is 0 Å². The first-order valence-corrected chi connectivity index (χ1v) is 9.74. The van der Waals surface area contributed by atoms with Crippen LogP contribution in [0.25, 0.3) is 0 Å². The van der Waals surface area contributed by atoms with Crippen LogP contribution in [0.15, 0.2) is 30.6 Å². The van der Waals surface area contributed by atoms with Crippen LogP contribution in [0.5, 0.6) is 5.75 Å². The fourth-order valence-electron chi connectivity index (χ4n) is 4.23. The number of hydrogen-bond donors (Lipinski definition) is 1. The van der Waals surface area contributed by atoms with Gasteiger partial charge in [-0.25, -0.2) is 4.39 Å². The van der Waals surface area contributed by atoms with E-state index >= 15 is 0 Å². The lowest BCUT2D eigenvalue weighted by atomic mass is 9.85. The molecule has 0 unspecified atom stereocenters. The first-order valence-electron chi connectivity index (χ1n) is 9.74. The van der Waals surface area contributed by atoms with Crippen molar-refractivity contribution in [3.8, 4) is 5.75 Å². The fourth-order valence-corrected chi connectivity index (χ4v) is 4.23. The van der Waals surface area contributed by atoms with E-state index in [2.05, 4.69) is 10.3 Å². The molecular weight excluding hydrogens is 435 g/mol. The standard InChI is InChI=1S/C22H21F5N2O3/c1-11(30)15-10-28-7-6-17(15)29-20(31)14-9-21(2,22(25,26)27)8-13(14)12-4-5-16(23)18(24)19(12)32-3/h4-7,10,13-14H,8-9H2,1-3H3,(H,28,29,31)/t13-,14+,21-/m1/s1. The van der Waals surface area contributed by atoms with Gasteiger partial charge in [0.1, 0.15) is 0 Å². The number of carbonyl (C=O) groups excluding carboxylic acids is 2. The van der Waals surface area contributed by atoms with Crippen LogP contribution in [-0.4, -0.2) is 30.0 Å². The summed E-state index contributed by atoms with van der Waals surface area (Å²) in [7, 11) is 1.07. The minimum atomic E-state index is -4.63. The van der Waals surface area contributed by atoms with Crippen molar-refractivity contribution in [1.29, 1.82) is 0 Å². The van der Waals surface area contributed by atoms with E-state index in [-0.39, 0.29) is 16.8 Å². The van der Waals surface area contributed by atoms with Crippen LogP contribution in [0, 0.1) is 23.0 Å². The maximum Gasteiger partial charge on any atom is 0.394 e. The molecule has 3 atom stereocenters. The first-order chi connectivity index (χ1) is 14.9. The molecule has 5 nitrogen and oxygen atoms in total. The Bertz CT molecular complexity index is 1060. The zero-order valence-electron chi connectivity index (χ0n) is 17.5. The second-order valence-corrected chi connectivity index (χ2v) is 8.13. The van der Waals surface area contributed by atoms with Gasteiger partial charge >= 0.3 is 6.18 Å². The average molecular weight is 456 g/mol.